The zero-order chi connectivity index (χ0) is 48.6. The summed E-state index contributed by atoms with van der Waals surface area (Å²) in [6.45, 7) is 17.9. The molecule has 4 rings (SSSR count). The van der Waals surface area contributed by atoms with Gasteiger partial charge in [0.15, 0.2) is 0 Å². The summed E-state index contributed by atoms with van der Waals surface area (Å²) >= 11 is 0. The molecule has 2 N–H and O–H groups in total. The maximum Gasteiger partial charge on any atom is 0.416 e. The van der Waals surface area contributed by atoms with Gasteiger partial charge < -0.3 is 43.8 Å². The molecule has 366 valence electrons. The zero-order valence-corrected chi connectivity index (χ0v) is 40.7. The van der Waals surface area contributed by atoms with E-state index in [9.17, 15) is 19.2 Å². The molecule has 3 atom stereocenters. The smallest absolute Gasteiger partial charge is 0.416 e. The first-order valence-electron chi connectivity index (χ1n) is 23.4. The van der Waals surface area contributed by atoms with Gasteiger partial charge in [-0.3, -0.25) is 19.3 Å². The highest BCUT2D eigenvalue weighted by Gasteiger charge is 2.30. The van der Waals surface area contributed by atoms with Gasteiger partial charge in [0.05, 0.1) is 65.8 Å². The van der Waals surface area contributed by atoms with Crippen LogP contribution in [-0.2, 0) is 42.8 Å². The third kappa shape index (κ3) is 18.5. The molecule has 3 amide bonds. The van der Waals surface area contributed by atoms with E-state index >= 15 is 0 Å². The molecule has 0 radical (unpaired) electrons. The van der Waals surface area contributed by atoms with Gasteiger partial charge in [-0.15, -0.1) is 0 Å². The lowest BCUT2D eigenvalue weighted by molar-refractivity contribution is -0.141. The second-order valence-corrected chi connectivity index (χ2v) is 17.3. The first kappa shape index (κ1) is 54.0. The molecule has 0 bridgehead atoms. The van der Waals surface area contributed by atoms with E-state index in [1.807, 2.05) is 87.5 Å². The minimum atomic E-state index is -0.887. The quantitative estimate of drug-likeness (QED) is 0.0393. The summed E-state index contributed by atoms with van der Waals surface area (Å²) in [5.74, 6) is -0.347. The Hall–Kier alpha value is -5.61. The average Bonchev–Trinajstić information content (AvgIpc) is 3.31. The molecule has 0 aliphatic heterocycles. The second-order valence-electron chi connectivity index (χ2n) is 17.3. The fourth-order valence-electron chi connectivity index (χ4n) is 7.05. The number of rotatable bonds is 29. The number of hydrogen-bond donors (Lipinski definition) is 2. The number of carbonyl (C=O) groups is 4. The number of carbonyl (C=O) groups excluding carboxylic acids is 4. The molecule has 0 aliphatic carbocycles. The van der Waals surface area contributed by atoms with E-state index in [1.165, 1.54) is 12.0 Å². The van der Waals surface area contributed by atoms with E-state index in [-0.39, 0.29) is 37.6 Å². The van der Waals surface area contributed by atoms with E-state index in [1.54, 1.807) is 33.0 Å². The van der Waals surface area contributed by atoms with Crippen molar-refractivity contribution in [1.82, 2.24) is 15.6 Å². The Bertz CT molecular complexity index is 2140. The summed E-state index contributed by atoms with van der Waals surface area (Å²) < 4.78 is 39.0. The number of fused-ring (bicyclic) bond motifs is 1. The minimum Gasteiger partial charge on any atom is -0.491 e. The molecule has 0 aliphatic rings. The van der Waals surface area contributed by atoms with Crippen LogP contribution in [0.1, 0.15) is 90.8 Å². The lowest BCUT2D eigenvalue weighted by Gasteiger charge is -2.28. The number of amides is 3. The van der Waals surface area contributed by atoms with Crippen LogP contribution in [0.4, 0.5) is 10.6 Å². The lowest BCUT2D eigenvalue weighted by atomic mass is 9.94. The molecule has 0 saturated heterocycles. The van der Waals surface area contributed by atoms with Gasteiger partial charge in [-0.1, -0.05) is 81.8 Å². The van der Waals surface area contributed by atoms with Crippen molar-refractivity contribution in [2.75, 3.05) is 78.0 Å². The molecule has 0 spiro atoms. The van der Waals surface area contributed by atoms with Crippen molar-refractivity contribution < 1.29 is 52.3 Å². The van der Waals surface area contributed by atoms with Gasteiger partial charge in [-0.05, 0) is 92.3 Å². The number of aryl methyl sites for hydroxylation is 1. The molecular weight excluding hydrogens is 857 g/mol. The normalized spacial score (nSPS) is 12.8. The van der Waals surface area contributed by atoms with Gasteiger partial charge in [-0.2, -0.15) is 0 Å². The number of aromatic nitrogens is 1. The highest BCUT2D eigenvalue weighted by Crippen LogP contribution is 2.35. The Kier molecular flexibility index (Phi) is 23.0. The number of nitrogens with zero attached hydrogens (tertiary/aromatic N) is 2. The number of esters is 1. The van der Waals surface area contributed by atoms with Crippen molar-refractivity contribution in [2.24, 2.45) is 5.92 Å². The fourth-order valence-corrected chi connectivity index (χ4v) is 7.05. The monoisotopic (exact) mass is 929 g/mol. The van der Waals surface area contributed by atoms with E-state index in [2.05, 4.69) is 22.5 Å². The van der Waals surface area contributed by atoms with Crippen LogP contribution in [0, 0.1) is 12.8 Å². The number of methoxy groups -OCH3 is 1. The fraction of sp³-hybridized carbons (Fsp3) is 0.519. The molecule has 3 aromatic carbocycles. The number of anilines is 1. The standard InChI is InChI=1S/C52H72N4O11/c1-9-26-62-27-28-63-29-30-64-31-32-65-33-34-66-45-22-21-41(42-14-11-12-15-43(42)45)39-17-19-40(20-18-39)44(36-48(58)61-8)54-50(59)49(38(4)10-2)55-47(57)16-13-25-56(51(60)67-52(5,6)7)46-35-37(3)23-24-53-46/h11-12,14-15,17-24,35,38,44,49H,9-10,13,16,25-34,36H2,1-8H3,(H,54,59)(H,55,57)/t38-,44-,49-/m0/s1. The zero-order valence-electron chi connectivity index (χ0n) is 40.7. The van der Waals surface area contributed by atoms with Crippen LogP contribution in [-0.4, -0.2) is 114 Å². The topological polar surface area (TPSA) is 173 Å². The van der Waals surface area contributed by atoms with Gasteiger partial charge in [0.25, 0.3) is 0 Å². The molecular formula is C52H72N4O11. The minimum absolute atomic E-state index is 0.0398. The second kappa shape index (κ2) is 28.5. The number of ether oxygens (including phenoxy) is 7. The van der Waals surface area contributed by atoms with Crippen LogP contribution in [0.15, 0.2) is 79.0 Å². The molecule has 0 saturated carbocycles. The molecule has 15 nitrogen and oxygen atoms in total. The SMILES string of the molecule is CCCOCCOCCOCCOCCOc1ccc(-c2ccc([C@H](CC(=O)OC)NC(=O)[C@@H](NC(=O)CCCN(C(=O)OC(C)(C)C)c3cc(C)ccn3)[C@@H](C)CC)cc2)c2ccccc12. The first-order chi connectivity index (χ1) is 32.2. The Balaban J connectivity index is 1.36. The van der Waals surface area contributed by atoms with Gasteiger partial charge in [0, 0.05) is 31.2 Å². The number of nitrogens with one attached hydrogen (secondary N) is 2. The lowest BCUT2D eigenvalue weighted by Crippen LogP contribution is -2.51. The van der Waals surface area contributed by atoms with Crippen molar-refractivity contribution in [3.05, 3.63) is 90.1 Å². The predicted octanol–water partition coefficient (Wildman–Crippen LogP) is 8.54. The molecule has 0 unspecified atom stereocenters. The van der Waals surface area contributed by atoms with Crippen molar-refractivity contribution in [2.45, 2.75) is 98.3 Å². The number of benzene rings is 3. The van der Waals surface area contributed by atoms with Crippen molar-refractivity contribution in [3.63, 3.8) is 0 Å². The van der Waals surface area contributed by atoms with Crippen LogP contribution in [0.3, 0.4) is 0 Å². The number of hydrogen-bond acceptors (Lipinski definition) is 12. The van der Waals surface area contributed by atoms with Crippen LogP contribution < -0.4 is 20.3 Å². The summed E-state index contributed by atoms with van der Waals surface area (Å²) in [5.41, 5.74) is 2.80. The van der Waals surface area contributed by atoms with E-state index in [0.29, 0.717) is 70.7 Å². The summed E-state index contributed by atoms with van der Waals surface area (Å²) in [5, 5.41) is 7.90. The van der Waals surface area contributed by atoms with Gasteiger partial charge in [0.2, 0.25) is 11.8 Å². The molecule has 67 heavy (non-hydrogen) atoms. The Morgan fingerprint density at radius 3 is 1.99 bits per heavy atom. The highest BCUT2D eigenvalue weighted by atomic mass is 16.6. The molecule has 1 aromatic heterocycles. The van der Waals surface area contributed by atoms with E-state index in [4.69, 9.17) is 33.2 Å². The van der Waals surface area contributed by atoms with Crippen LogP contribution >= 0.6 is 0 Å². The van der Waals surface area contributed by atoms with Gasteiger partial charge in [-0.25, -0.2) is 9.78 Å². The summed E-state index contributed by atoms with van der Waals surface area (Å²) in [4.78, 5) is 59.1. The Morgan fingerprint density at radius 2 is 1.39 bits per heavy atom. The molecule has 0 fully saturated rings. The van der Waals surface area contributed by atoms with Crippen LogP contribution in [0.2, 0.25) is 0 Å². The Morgan fingerprint density at radius 1 is 0.761 bits per heavy atom. The van der Waals surface area contributed by atoms with Crippen molar-refractivity contribution in [1.29, 1.82) is 0 Å². The maximum absolute atomic E-state index is 14.0. The van der Waals surface area contributed by atoms with Crippen LogP contribution in [0.25, 0.3) is 21.9 Å². The molecule has 1 heterocycles. The van der Waals surface area contributed by atoms with Gasteiger partial charge in [0.1, 0.15) is 29.8 Å². The van der Waals surface area contributed by atoms with E-state index in [0.717, 1.165) is 46.2 Å². The van der Waals surface area contributed by atoms with E-state index < -0.39 is 35.7 Å². The third-order valence-corrected chi connectivity index (χ3v) is 10.8. The highest BCUT2D eigenvalue weighted by molar-refractivity contribution is 6.00. The first-order valence-corrected chi connectivity index (χ1v) is 23.4. The maximum atomic E-state index is 14.0. The number of pyridine rings is 1. The predicted molar refractivity (Wildman–Crippen MR) is 259 cm³/mol. The summed E-state index contributed by atoms with van der Waals surface area (Å²) in [6, 6.07) is 21.7. The van der Waals surface area contributed by atoms with Crippen molar-refractivity contribution in [3.8, 4) is 16.9 Å². The van der Waals surface area contributed by atoms with Gasteiger partial charge >= 0.3 is 12.1 Å². The van der Waals surface area contributed by atoms with Crippen molar-refractivity contribution >= 4 is 40.5 Å². The third-order valence-electron chi connectivity index (χ3n) is 10.8. The summed E-state index contributed by atoms with van der Waals surface area (Å²) in [7, 11) is 1.30. The average molecular weight is 929 g/mol. The molecule has 4 aromatic rings. The van der Waals surface area contributed by atoms with Crippen LogP contribution in [0.5, 0.6) is 5.75 Å². The summed E-state index contributed by atoms with van der Waals surface area (Å²) in [6.07, 6.45) is 2.86. The Labute approximate surface area is 396 Å². The molecule has 15 heteroatoms. The largest absolute Gasteiger partial charge is 0.491 e.